The van der Waals surface area contributed by atoms with Gasteiger partial charge in [-0.25, -0.2) is 0 Å². The number of benzene rings is 1. The van der Waals surface area contributed by atoms with E-state index in [4.69, 9.17) is 4.74 Å². The third kappa shape index (κ3) is 4.74. The molecule has 2 aromatic rings. The average molecular weight is 382 g/mol. The number of aliphatic hydroxyl groups is 1. The van der Waals surface area contributed by atoms with Crippen molar-refractivity contribution >= 4 is 0 Å². The van der Waals surface area contributed by atoms with E-state index >= 15 is 0 Å². The van der Waals surface area contributed by atoms with Crippen molar-refractivity contribution in [3.05, 3.63) is 80.5 Å². The van der Waals surface area contributed by atoms with Gasteiger partial charge in [0.15, 0.2) is 0 Å². The van der Waals surface area contributed by atoms with Crippen molar-refractivity contribution in [2.24, 2.45) is 0 Å². The first-order valence-corrected chi connectivity index (χ1v) is 10.3. The first-order chi connectivity index (χ1) is 13.6. The molecule has 0 radical (unpaired) electrons. The molecular formula is C24H31NO3. The van der Waals surface area contributed by atoms with Crippen LogP contribution in [-0.4, -0.2) is 16.3 Å². The molecule has 4 heteroatoms. The fraction of sp³-hybridized carbons (Fsp3) is 0.458. The average Bonchev–Trinajstić information content (AvgIpc) is 3.53. The molecule has 1 heterocycles. The molecule has 0 spiro atoms. The van der Waals surface area contributed by atoms with Crippen LogP contribution in [0.4, 0.5) is 0 Å². The number of pyridine rings is 1. The van der Waals surface area contributed by atoms with Gasteiger partial charge in [0.2, 0.25) is 0 Å². The summed E-state index contributed by atoms with van der Waals surface area (Å²) < 4.78 is 7.72. The van der Waals surface area contributed by atoms with E-state index in [2.05, 4.69) is 31.2 Å². The highest BCUT2D eigenvalue weighted by atomic mass is 16.5. The lowest BCUT2D eigenvalue weighted by Gasteiger charge is -2.21. The molecule has 1 atom stereocenters. The monoisotopic (exact) mass is 381 g/mol. The number of aliphatic hydroxyl groups excluding tert-OH is 1. The molecule has 0 bridgehead atoms. The maximum Gasteiger partial charge on any atom is 0.250 e. The second-order valence-corrected chi connectivity index (χ2v) is 7.55. The van der Waals surface area contributed by atoms with Crippen LogP contribution in [0, 0.1) is 6.92 Å². The lowest BCUT2D eigenvalue weighted by Crippen LogP contribution is -2.20. The molecule has 4 nitrogen and oxygen atoms in total. The lowest BCUT2D eigenvalue weighted by molar-refractivity contribution is 0.214. The Morgan fingerprint density at radius 2 is 1.93 bits per heavy atom. The minimum absolute atomic E-state index is 0.0178. The topological polar surface area (TPSA) is 51.5 Å². The van der Waals surface area contributed by atoms with Crippen LogP contribution in [0.25, 0.3) is 0 Å². The predicted molar refractivity (Wildman–Crippen MR) is 112 cm³/mol. The second kappa shape index (κ2) is 9.24. The molecule has 1 saturated carbocycles. The molecule has 28 heavy (non-hydrogen) atoms. The number of nitrogens with zero attached hydrogens (tertiary/aromatic N) is 1. The Balaban J connectivity index is 2.03. The minimum atomic E-state index is 0.0178. The van der Waals surface area contributed by atoms with Crippen molar-refractivity contribution in [2.45, 2.75) is 65.5 Å². The van der Waals surface area contributed by atoms with E-state index in [1.807, 2.05) is 20.0 Å². The van der Waals surface area contributed by atoms with Crippen molar-refractivity contribution in [2.75, 3.05) is 6.61 Å². The van der Waals surface area contributed by atoms with Crippen molar-refractivity contribution in [3.8, 4) is 0 Å². The van der Waals surface area contributed by atoms with Crippen LogP contribution in [0.1, 0.15) is 67.7 Å². The SMILES string of the molecule is CCCn1ccc(C(CC(OCC)=C2CC2)c2ccc(C)c(CO)c2)cc1=O. The van der Waals surface area contributed by atoms with Crippen LogP contribution in [0.5, 0.6) is 0 Å². The lowest BCUT2D eigenvalue weighted by atomic mass is 9.86. The fourth-order valence-corrected chi connectivity index (χ4v) is 3.68. The predicted octanol–water partition coefficient (Wildman–Crippen LogP) is 4.67. The molecule has 3 rings (SSSR count). The quantitative estimate of drug-likeness (QED) is 0.643. The highest BCUT2D eigenvalue weighted by Gasteiger charge is 2.25. The van der Waals surface area contributed by atoms with E-state index in [0.29, 0.717) is 6.61 Å². The zero-order valence-corrected chi connectivity index (χ0v) is 17.2. The van der Waals surface area contributed by atoms with E-state index in [1.165, 1.54) is 5.57 Å². The van der Waals surface area contributed by atoms with E-state index < -0.39 is 0 Å². The van der Waals surface area contributed by atoms with Gasteiger partial charge in [-0.2, -0.15) is 0 Å². The van der Waals surface area contributed by atoms with Gasteiger partial charge in [0, 0.05) is 31.1 Å². The molecule has 1 aliphatic carbocycles. The van der Waals surface area contributed by atoms with Gasteiger partial charge in [-0.1, -0.05) is 25.1 Å². The summed E-state index contributed by atoms with van der Waals surface area (Å²) in [5.74, 6) is 1.10. The Labute approximate surface area is 167 Å². The summed E-state index contributed by atoms with van der Waals surface area (Å²) in [6.07, 6.45) is 5.79. The van der Waals surface area contributed by atoms with Gasteiger partial charge in [0.05, 0.1) is 19.0 Å². The van der Waals surface area contributed by atoms with Crippen LogP contribution in [0.3, 0.4) is 0 Å². The third-order valence-corrected chi connectivity index (χ3v) is 5.44. The molecule has 0 saturated heterocycles. The number of rotatable bonds is 9. The van der Waals surface area contributed by atoms with Gasteiger partial charge in [0.1, 0.15) is 0 Å². The Bertz CT molecular complexity index is 904. The first-order valence-electron chi connectivity index (χ1n) is 10.3. The zero-order chi connectivity index (χ0) is 20.1. The number of aryl methyl sites for hydroxylation is 2. The second-order valence-electron chi connectivity index (χ2n) is 7.55. The molecule has 0 aliphatic heterocycles. The summed E-state index contributed by atoms with van der Waals surface area (Å²) in [6, 6.07) is 10.1. The van der Waals surface area contributed by atoms with Crippen LogP contribution < -0.4 is 5.56 Å². The molecule has 1 aliphatic rings. The smallest absolute Gasteiger partial charge is 0.250 e. The Morgan fingerprint density at radius 3 is 2.54 bits per heavy atom. The number of hydrogen-bond acceptors (Lipinski definition) is 3. The molecule has 0 amide bonds. The van der Waals surface area contributed by atoms with Gasteiger partial charge in [-0.3, -0.25) is 4.79 Å². The van der Waals surface area contributed by atoms with Crippen molar-refractivity contribution in [1.29, 1.82) is 0 Å². The number of allylic oxidation sites excluding steroid dienone is 2. The van der Waals surface area contributed by atoms with Crippen LogP contribution in [0.15, 0.2) is 52.7 Å². The molecule has 1 fully saturated rings. The number of hydrogen-bond donors (Lipinski definition) is 1. The number of ether oxygens (including phenoxy) is 1. The van der Waals surface area contributed by atoms with Crippen molar-refractivity contribution in [1.82, 2.24) is 4.57 Å². The Hall–Kier alpha value is -2.33. The maximum absolute atomic E-state index is 12.6. The van der Waals surface area contributed by atoms with E-state index in [-0.39, 0.29) is 18.1 Å². The summed E-state index contributed by atoms with van der Waals surface area (Å²) in [6.45, 7) is 7.50. The van der Waals surface area contributed by atoms with Crippen LogP contribution in [-0.2, 0) is 17.9 Å². The molecule has 1 unspecified atom stereocenters. The normalized spacial score (nSPS) is 14.1. The van der Waals surface area contributed by atoms with Gasteiger partial charge in [-0.15, -0.1) is 0 Å². The summed E-state index contributed by atoms with van der Waals surface area (Å²) in [7, 11) is 0. The minimum Gasteiger partial charge on any atom is -0.498 e. The van der Waals surface area contributed by atoms with Gasteiger partial charge in [0.25, 0.3) is 5.56 Å². The highest BCUT2D eigenvalue weighted by molar-refractivity contribution is 5.39. The van der Waals surface area contributed by atoms with Crippen molar-refractivity contribution < 1.29 is 9.84 Å². The largest absolute Gasteiger partial charge is 0.498 e. The molecular weight excluding hydrogens is 350 g/mol. The zero-order valence-electron chi connectivity index (χ0n) is 17.2. The molecule has 150 valence electrons. The van der Waals surface area contributed by atoms with Crippen LogP contribution >= 0.6 is 0 Å². The summed E-state index contributed by atoms with van der Waals surface area (Å²) in [4.78, 5) is 12.6. The molecule has 1 aromatic carbocycles. The Kier molecular flexibility index (Phi) is 6.74. The van der Waals surface area contributed by atoms with Gasteiger partial charge < -0.3 is 14.4 Å². The van der Waals surface area contributed by atoms with E-state index in [0.717, 1.165) is 60.2 Å². The van der Waals surface area contributed by atoms with Crippen LogP contribution in [0.2, 0.25) is 0 Å². The Morgan fingerprint density at radius 1 is 1.18 bits per heavy atom. The van der Waals surface area contributed by atoms with Crippen molar-refractivity contribution in [3.63, 3.8) is 0 Å². The van der Waals surface area contributed by atoms with Gasteiger partial charge >= 0.3 is 0 Å². The van der Waals surface area contributed by atoms with E-state index in [1.54, 1.807) is 10.6 Å². The maximum atomic E-state index is 12.6. The van der Waals surface area contributed by atoms with Gasteiger partial charge in [-0.05, 0) is 67.0 Å². The fourth-order valence-electron chi connectivity index (χ4n) is 3.68. The standard InChI is InChI=1S/C24H31NO3/c1-4-11-25-12-10-20(14-24(25)27)22(15-23(28-5-2)18-8-9-18)19-7-6-17(3)21(13-19)16-26/h6-7,10,12-14,22,26H,4-5,8-9,11,15-16H2,1-3H3. The van der Waals surface area contributed by atoms with E-state index in [9.17, 15) is 9.90 Å². The highest BCUT2D eigenvalue weighted by Crippen LogP contribution is 2.39. The third-order valence-electron chi connectivity index (χ3n) is 5.44. The number of aromatic nitrogens is 1. The summed E-state index contributed by atoms with van der Waals surface area (Å²) in [5, 5.41) is 9.71. The summed E-state index contributed by atoms with van der Waals surface area (Å²) >= 11 is 0. The molecule has 1 aromatic heterocycles. The molecule has 1 N–H and O–H groups in total. The first kappa shape index (κ1) is 20.4. The summed E-state index contributed by atoms with van der Waals surface area (Å²) in [5.41, 5.74) is 5.55.